The number of aromatic nitrogens is 2. The fraction of sp³-hybridized carbons (Fsp3) is 0.389. The molecule has 0 atom stereocenters. The smallest absolute Gasteiger partial charge is 0.358 e. The Balaban J connectivity index is 1.62. The summed E-state index contributed by atoms with van der Waals surface area (Å²) in [6, 6.07) is 7.55. The monoisotopic (exact) mass is 342 g/mol. The van der Waals surface area contributed by atoms with Crippen LogP contribution < -0.4 is 5.32 Å². The van der Waals surface area contributed by atoms with Crippen molar-refractivity contribution in [1.29, 1.82) is 0 Å². The molecule has 0 aliphatic carbocycles. The molecular formula is C18H22N4O3. The van der Waals surface area contributed by atoms with Gasteiger partial charge in [0.05, 0.1) is 13.7 Å². The first-order valence-corrected chi connectivity index (χ1v) is 8.24. The number of nitrogens with one attached hydrogen (secondary N) is 1. The van der Waals surface area contributed by atoms with Gasteiger partial charge in [0.25, 0.3) is 5.91 Å². The number of nitrogens with zero attached hydrogens (tertiary/aromatic N) is 3. The van der Waals surface area contributed by atoms with Gasteiger partial charge in [0.15, 0.2) is 5.69 Å². The maximum absolute atomic E-state index is 12.1. The molecule has 7 heteroatoms. The first-order chi connectivity index (χ1) is 12.0. The van der Waals surface area contributed by atoms with Crippen LogP contribution in [0.3, 0.4) is 0 Å². The van der Waals surface area contributed by atoms with Crippen LogP contribution in [0.25, 0.3) is 0 Å². The Morgan fingerprint density at radius 3 is 2.92 bits per heavy atom. The van der Waals surface area contributed by atoms with Crippen molar-refractivity contribution in [1.82, 2.24) is 14.7 Å². The Labute approximate surface area is 146 Å². The van der Waals surface area contributed by atoms with Crippen molar-refractivity contribution in [2.45, 2.75) is 19.9 Å². The van der Waals surface area contributed by atoms with Gasteiger partial charge in [-0.2, -0.15) is 5.10 Å². The Hall–Kier alpha value is -2.83. The Morgan fingerprint density at radius 1 is 1.36 bits per heavy atom. The molecule has 7 nitrogen and oxygen atoms in total. The van der Waals surface area contributed by atoms with Crippen LogP contribution in [0.2, 0.25) is 0 Å². The van der Waals surface area contributed by atoms with E-state index in [1.165, 1.54) is 7.11 Å². The molecule has 0 unspecified atom stereocenters. The van der Waals surface area contributed by atoms with Crippen LogP contribution in [0.4, 0.5) is 5.69 Å². The number of amides is 1. The predicted octanol–water partition coefficient (Wildman–Crippen LogP) is 1.72. The van der Waals surface area contributed by atoms with Gasteiger partial charge in [0.1, 0.15) is 0 Å². The van der Waals surface area contributed by atoms with Gasteiger partial charge < -0.3 is 15.0 Å². The van der Waals surface area contributed by atoms with Gasteiger partial charge >= 0.3 is 5.97 Å². The van der Waals surface area contributed by atoms with Crippen molar-refractivity contribution in [2.24, 2.45) is 0 Å². The van der Waals surface area contributed by atoms with Crippen molar-refractivity contribution in [3.63, 3.8) is 0 Å². The molecule has 0 bridgehead atoms. The minimum Gasteiger partial charge on any atom is -0.464 e. The molecule has 1 aliphatic heterocycles. The number of likely N-dealkylation sites (N-methyl/N-ethyl adjacent to an activating group) is 1. The summed E-state index contributed by atoms with van der Waals surface area (Å²) in [6.07, 6.45) is 0.869. The topological polar surface area (TPSA) is 76.5 Å². The Kier molecular flexibility index (Phi) is 4.74. The normalized spacial score (nSPS) is 13.6. The summed E-state index contributed by atoms with van der Waals surface area (Å²) < 4.78 is 6.46. The number of carbonyl (C=O) groups is 2. The number of rotatable bonds is 5. The van der Waals surface area contributed by atoms with Gasteiger partial charge in [-0.25, -0.2) is 4.79 Å². The van der Waals surface area contributed by atoms with E-state index in [2.05, 4.69) is 15.2 Å². The molecule has 1 amide bonds. The van der Waals surface area contributed by atoms with Gasteiger partial charge in [-0.15, -0.1) is 0 Å². The first kappa shape index (κ1) is 17.0. The highest BCUT2D eigenvalue weighted by Gasteiger charge is 2.21. The van der Waals surface area contributed by atoms with Crippen molar-refractivity contribution in [3.8, 4) is 0 Å². The third-order valence-corrected chi connectivity index (χ3v) is 4.43. The third kappa shape index (κ3) is 3.50. The van der Waals surface area contributed by atoms with E-state index in [0.29, 0.717) is 18.8 Å². The Bertz CT molecular complexity index is 813. The number of fused-ring (bicyclic) bond motifs is 1. The van der Waals surface area contributed by atoms with Crippen LogP contribution in [0, 0.1) is 6.92 Å². The predicted molar refractivity (Wildman–Crippen MR) is 93.9 cm³/mol. The van der Waals surface area contributed by atoms with Crippen LogP contribution >= 0.6 is 0 Å². The lowest BCUT2D eigenvalue weighted by atomic mass is 9.99. The van der Waals surface area contributed by atoms with Gasteiger partial charge in [-0.3, -0.25) is 9.48 Å². The van der Waals surface area contributed by atoms with E-state index in [9.17, 15) is 9.59 Å². The fourth-order valence-electron chi connectivity index (χ4n) is 2.96. The lowest BCUT2D eigenvalue weighted by Gasteiger charge is -2.25. The molecule has 1 N–H and O–H groups in total. The summed E-state index contributed by atoms with van der Waals surface area (Å²) in [4.78, 5) is 25.4. The maximum atomic E-state index is 12.1. The summed E-state index contributed by atoms with van der Waals surface area (Å²) in [5.41, 5.74) is 4.06. The first-order valence-electron chi connectivity index (χ1n) is 8.24. The molecule has 0 fully saturated rings. The number of anilines is 1. The highest BCUT2D eigenvalue weighted by atomic mass is 16.5. The molecule has 132 valence electrons. The lowest BCUT2D eigenvalue weighted by molar-refractivity contribution is 0.0592. The number of hydrogen-bond acceptors (Lipinski definition) is 5. The van der Waals surface area contributed by atoms with Crippen LogP contribution in [-0.2, 0) is 17.7 Å². The van der Waals surface area contributed by atoms with E-state index in [-0.39, 0.29) is 5.91 Å². The lowest BCUT2D eigenvalue weighted by Crippen LogP contribution is -2.34. The average molecular weight is 342 g/mol. The molecule has 1 aromatic carbocycles. The van der Waals surface area contributed by atoms with Crippen molar-refractivity contribution < 1.29 is 14.3 Å². The van der Waals surface area contributed by atoms with Gasteiger partial charge in [0.2, 0.25) is 0 Å². The number of esters is 1. The number of carbonyl (C=O) groups excluding carboxylic acids is 2. The number of hydrogen-bond donors (Lipinski definition) is 1. The summed E-state index contributed by atoms with van der Waals surface area (Å²) in [7, 11) is 3.17. The van der Waals surface area contributed by atoms with Crippen molar-refractivity contribution in [3.05, 3.63) is 46.8 Å². The number of ether oxygens (including phenoxy) is 1. The Morgan fingerprint density at radius 2 is 2.16 bits per heavy atom. The van der Waals surface area contributed by atoms with Gasteiger partial charge in [-0.05, 0) is 43.2 Å². The summed E-state index contributed by atoms with van der Waals surface area (Å²) >= 11 is 0. The van der Waals surface area contributed by atoms with E-state index in [1.54, 1.807) is 15.6 Å². The van der Waals surface area contributed by atoms with Crippen LogP contribution in [0.15, 0.2) is 24.3 Å². The SMILES string of the molecule is COC(=O)c1cc(C)n(CCNc2ccc3c(c2)CCN(C)C3=O)n1. The van der Waals surface area contributed by atoms with Gasteiger partial charge in [-0.1, -0.05) is 0 Å². The second-order valence-corrected chi connectivity index (χ2v) is 6.16. The quantitative estimate of drug-likeness (QED) is 0.837. The molecule has 0 spiro atoms. The highest BCUT2D eigenvalue weighted by molar-refractivity contribution is 5.97. The van der Waals surface area contributed by atoms with Crippen molar-refractivity contribution >= 4 is 17.6 Å². The second-order valence-electron chi connectivity index (χ2n) is 6.16. The molecule has 25 heavy (non-hydrogen) atoms. The third-order valence-electron chi connectivity index (χ3n) is 4.43. The molecule has 2 aromatic rings. The zero-order valence-electron chi connectivity index (χ0n) is 14.7. The summed E-state index contributed by atoms with van der Waals surface area (Å²) in [5, 5.41) is 7.60. The zero-order valence-corrected chi connectivity index (χ0v) is 14.7. The molecule has 0 saturated carbocycles. The maximum Gasteiger partial charge on any atom is 0.358 e. The van der Waals surface area contributed by atoms with Crippen LogP contribution in [-0.4, -0.2) is 53.8 Å². The molecule has 0 saturated heterocycles. The molecule has 2 heterocycles. The number of aryl methyl sites for hydroxylation is 1. The highest BCUT2D eigenvalue weighted by Crippen LogP contribution is 2.21. The average Bonchev–Trinajstić information content (AvgIpc) is 2.98. The summed E-state index contributed by atoms with van der Waals surface area (Å²) in [5.74, 6) is -0.352. The van der Waals surface area contributed by atoms with Crippen LogP contribution in [0.5, 0.6) is 0 Å². The standard InChI is InChI=1S/C18H22N4O3/c1-12-10-16(18(24)25-3)20-22(12)9-7-19-14-4-5-15-13(11-14)6-8-21(2)17(15)23/h4-5,10-11,19H,6-9H2,1-3H3. The number of methoxy groups -OCH3 is 1. The molecule has 0 radical (unpaired) electrons. The minimum atomic E-state index is -0.431. The molecular weight excluding hydrogens is 320 g/mol. The second kappa shape index (κ2) is 6.96. The van der Waals surface area contributed by atoms with Gasteiger partial charge in [0, 0.05) is 37.1 Å². The van der Waals surface area contributed by atoms with Crippen LogP contribution in [0.1, 0.15) is 32.1 Å². The number of benzene rings is 1. The fourth-order valence-corrected chi connectivity index (χ4v) is 2.96. The van der Waals surface area contributed by atoms with E-state index in [1.807, 2.05) is 32.2 Å². The molecule has 1 aromatic heterocycles. The molecule has 3 rings (SSSR count). The van der Waals surface area contributed by atoms with E-state index in [4.69, 9.17) is 0 Å². The van der Waals surface area contributed by atoms with E-state index >= 15 is 0 Å². The zero-order chi connectivity index (χ0) is 18.0. The molecule has 1 aliphatic rings. The van der Waals surface area contributed by atoms with Crippen molar-refractivity contribution in [2.75, 3.05) is 32.6 Å². The summed E-state index contributed by atoms with van der Waals surface area (Å²) in [6.45, 7) is 3.94. The van der Waals surface area contributed by atoms with E-state index in [0.717, 1.165) is 35.5 Å². The largest absolute Gasteiger partial charge is 0.464 e. The van der Waals surface area contributed by atoms with E-state index < -0.39 is 5.97 Å². The minimum absolute atomic E-state index is 0.0790.